The monoisotopic (exact) mass is 1050 g/mol. The van der Waals surface area contributed by atoms with Crippen LogP contribution in [0.2, 0.25) is 0 Å². The third-order valence-corrected chi connectivity index (χ3v) is 12.5. The van der Waals surface area contributed by atoms with E-state index >= 15 is 0 Å². The highest BCUT2D eigenvalue weighted by Crippen LogP contribution is 2.44. The van der Waals surface area contributed by atoms with Gasteiger partial charge in [-0.05, 0) is 31.2 Å². The average Bonchev–Trinajstić information content (AvgIpc) is 3.55. The van der Waals surface area contributed by atoms with Crippen LogP contribution in [0.3, 0.4) is 0 Å². The molecule has 73 heavy (non-hydrogen) atoms. The van der Waals surface area contributed by atoms with Crippen LogP contribution in [0.5, 0.6) is 0 Å². The lowest BCUT2D eigenvalue weighted by Gasteiger charge is -2.52. The van der Waals surface area contributed by atoms with Gasteiger partial charge in [-0.15, -0.1) is 0 Å². The standard InChI is InChI=1S/C48H55NO23S/c1-21-36(63-24(4)52)40(65-26(6)54)42(67-28(8)56)46(62-21)72-39-35(49-44(58)31-17-13-14-18-32(31)45(49)59)48(73-30-15-11-10-12-16-30)70-34(20-61-23(3)51)37(39)71-47-43(68-29(9)57)41(66-27(7)55)38(64-25(5)53)33(69-47)19-60-22(2)50/h10-18,21,33-43,46-48H,19-20H2,1-9H3/t21-,33+,34+,35+,36+,37+,38-,39+,40+,41-,42-,43+,46-,47-,48-/m0/s1. The van der Waals surface area contributed by atoms with Crippen molar-refractivity contribution in [2.24, 2.45) is 0 Å². The van der Waals surface area contributed by atoms with E-state index in [0.717, 1.165) is 72.1 Å². The SMILES string of the molecule is CC(=O)OC[C@H]1O[C@@H](O[C@H]2[C@H](O[C@@H]3O[C@@H](C)[C@@H](OC(C)=O)[C@@H](OC(C)=O)[C@@H]3OC(C)=O)[C@@H](N3C(=O)c4ccccc4C3=O)[C@H](Sc3ccccc3)O[C@@H]2COC(C)=O)[C@H](OC(C)=O)[C@@H](OC(C)=O)[C@H]1OC(C)=O. The second kappa shape index (κ2) is 24.5. The molecule has 2 aromatic rings. The Morgan fingerprint density at radius 1 is 0.466 bits per heavy atom. The molecule has 0 bridgehead atoms. The molecule has 4 heterocycles. The van der Waals surface area contributed by atoms with Gasteiger partial charge in [-0.2, -0.15) is 0 Å². The Hall–Kier alpha value is -6.51. The third-order valence-electron chi connectivity index (χ3n) is 11.3. The maximum absolute atomic E-state index is 14.8. The van der Waals surface area contributed by atoms with E-state index in [1.807, 2.05) is 0 Å². The van der Waals surface area contributed by atoms with Crippen molar-refractivity contribution in [1.29, 1.82) is 0 Å². The van der Waals surface area contributed by atoms with Crippen LogP contribution in [0.25, 0.3) is 0 Å². The van der Waals surface area contributed by atoms with Crippen molar-refractivity contribution < 1.29 is 110 Å². The van der Waals surface area contributed by atoms with Crippen LogP contribution in [0.15, 0.2) is 59.5 Å². The Bertz CT molecular complexity index is 2380. The van der Waals surface area contributed by atoms with Crippen molar-refractivity contribution in [2.75, 3.05) is 13.2 Å². The molecule has 6 rings (SSSR count). The van der Waals surface area contributed by atoms with E-state index in [0.29, 0.717) is 4.90 Å². The van der Waals surface area contributed by atoms with Crippen molar-refractivity contribution in [2.45, 2.75) is 158 Å². The lowest BCUT2D eigenvalue weighted by molar-refractivity contribution is -0.361. The van der Waals surface area contributed by atoms with Crippen LogP contribution in [-0.2, 0) is 99.9 Å². The first-order chi connectivity index (χ1) is 34.5. The molecular formula is C48H55NO23S. The van der Waals surface area contributed by atoms with Crippen LogP contribution in [0.4, 0.5) is 0 Å². The summed E-state index contributed by atoms with van der Waals surface area (Å²) < 4.78 is 77.8. The number of rotatable bonds is 17. The van der Waals surface area contributed by atoms with Gasteiger partial charge in [0.1, 0.15) is 49.1 Å². The topological polar surface area (TPSA) is 294 Å². The first-order valence-electron chi connectivity index (χ1n) is 22.8. The van der Waals surface area contributed by atoms with Gasteiger partial charge in [-0.3, -0.25) is 52.8 Å². The van der Waals surface area contributed by atoms with Crippen LogP contribution in [0, 0.1) is 0 Å². The number of carbonyl (C=O) groups excluding carboxylic acids is 10. The number of carbonyl (C=O) groups is 10. The zero-order valence-corrected chi connectivity index (χ0v) is 41.8. The zero-order valence-electron chi connectivity index (χ0n) is 41.0. The number of benzene rings is 2. The normalized spacial score (nSPS) is 30.7. The maximum atomic E-state index is 14.8. The first-order valence-corrected chi connectivity index (χ1v) is 23.7. The highest BCUT2D eigenvalue weighted by molar-refractivity contribution is 7.99. The van der Waals surface area contributed by atoms with Crippen molar-refractivity contribution in [3.05, 3.63) is 65.7 Å². The average molecular weight is 1050 g/mol. The van der Waals surface area contributed by atoms with E-state index in [9.17, 15) is 47.9 Å². The summed E-state index contributed by atoms with van der Waals surface area (Å²) in [4.78, 5) is 132. The number of ether oxygens (including phenoxy) is 13. The number of nitrogens with zero attached hydrogens (tertiary/aromatic N) is 1. The largest absolute Gasteiger partial charge is 0.463 e. The Morgan fingerprint density at radius 2 is 0.863 bits per heavy atom. The highest BCUT2D eigenvalue weighted by Gasteiger charge is 2.61. The Balaban J connectivity index is 1.61. The third kappa shape index (κ3) is 13.8. The smallest absolute Gasteiger partial charge is 0.303 e. The molecule has 0 aliphatic carbocycles. The van der Waals surface area contributed by atoms with Gasteiger partial charge in [-0.1, -0.05) is 42.1 Å². The van der Waals surface area contributed by atoms with Gasteiger partial charge in [0, 0.05) is 60.3 Å². The molecule has 2 aromatic carbocycles. The molecule has 0 unspecified atom stereocenters. The summed E-state index contributed by atoms with van der Waals surface area (Å²) in [6, 6.07) is 12.8. The molecule has 3 fully saturated rings. The van der Waals surface area contributed by atoms with Gasteiger partial charge in [-0.25, -0.2) is 0 Å². The fourth-order valence-corrected chi connectivity index (χ4v) is 9.91. The van der Waals surface area contributed by atoms with Crippen LogP contribution >= 0.6 is 11.8 Å². The zero-order chi connectivity index (χ0) is 53.4. The molecule has 3 saturated heterocycles. The molecule has 4 aliphatic rings. The summed E-state index contributed by atoms with van der Waals surface area (Å²) in [6.45, 7) is 8.43. The van der Waals surface area contributed by atoms with Crippen molar-refractivity contribution in [3.63, 3.8) is 0 Å². The van der Waals surface area contributed by atoms with Crippen LogP contribution < -0.4 is 0 Å². The summed E-state index contributed by atoms with van der Waals surface area (Å²) >= 11 is 1.00. The van der Waals surface area contributed by atoms with E-state index < -0.39 is 164 Å². The molecule has 15 atom stereocenters. The summed E-state index contributed by atoms with van der Waals surface area (Å²) in [7, 11) is 0. The molecular weight excluding hydrogens is 991 g/mol. The van der Waals surface area contributed by atoms with E-state index in [1.54, 1.807) is 30.3 Å². The summed E-state index contributed by atoms with van der Waals surface area (Å²) in [6.07, 6.45) is -22.1. The van der Waals surface area contributed by atoms with E-state index in [2.05, 4.69) is 0 Å². The quantitative estimate of drug-likeness (QED) is 0.124. The van der Waals surface area contributed by atoms with Crippen LogP contribution in [0.1, 0.15) is 83.0 Å². The number of thioether (sulfide) groups is 1. The molecule has 396 valence electrons. The summed E-state index contributed by atoms with van der Waals surface area (Å²) in [5.41, 5.74) is -1.43. The van der Waals surface area contributed by atoms with Gasteiger partial charge < -0.3 is 61.6 Å². The molecule has 24 nitrogen and oxygen atoms in total. The molecule has 25 heteroatoms. The number of fused-ring (bicyclic) bond motifs is 1. The lowest BCUT2D eigenvalue weighted by atomic mass is 9.94. The van der Waals surface area contributed by atoms with Gasteiger partial charge in [0.15, 0.2) is 49.2 Å². The van der Waals surface area contributed by atoms with Gasteiger partial charge in [0.05, 0.1) is 17.2 Å². The van der Waals surface area contributed by atoms with Crippen molar-refractivity contribution in [1.82, 2.24) is 4.90 Å². The van der Waals surface area contributed by atoms with E-state index in [-0.39, 0.29) is 11.1 Å². The molecule has 2 amide bonds. The van der Waals surface area contributed by atoms with E-state index in [1.165, 1.54) is 31.2 Å². The minimum Gasteiger partial charge on any atom is -0.463 e. The molecule has 0 saturated carbocycles. The van der Waals surface area contributed by atoms with Crippen LogP contribution in [-0.4, -0.2) is 169 Å². The second-order valence-corrected chi connectivity index (χ2v) is 18.2. The minimum atomic E-state index is -2.00. The number of imide groups is 1. The number of amides is 2. The molecule has 0 aromatic heterocycles. The number of hydrogen-bond acceptors (Lipinski definition) is 24. The lowest BCUT2D eigenvalue weighted by Crippen LogP contribution is -2.70. The molecule has 0 spiro atoms. The van der Waals surface area contributed by atoms with Crippen molar-refractivity contribution >= 4 is 71.3 Å². The Morgan fingerprint density at radius 3 is 1.34 bits per heavy atom. The van der Waals surface area contributed by atoms with Gasteiger partial charge in [0.2, 0.25) is 0 Å². The Labute approximate surface area is 422 Å². The van der Waals surface area contributed by atoms with Crippen molar-refractivity contribution in [3.8, 4) is 0 Å². The fraction of sp³-hybridized carbons (Fsp3) is 0.542. The maximum Gasteiger partial charge on any atom is 0.303 e. The first kappa shape index (κ1) is 55.8. The fourth-order valence-electron chi connectivity index (χ4n) is 8.71. The number of hydrogen-bond donors (Lipinski definition) is 0. The molecule has 4 aliphatic heterocycles. The Kier molecular flexibility index (Phi) is 18.7. The summed E-state index contributed by atoms with van der Waals surface area (Å²) in [5.74, 6) is -8.91. The van der Waals surface area contributed by atoms with E-state index in [4.69, 9.17) is 61.6 Å². The van der Waals surface area contributed by atoms with Gasteiger partial charge in [0.25, 0.3) is 11.8 Å². The predicted octanol–water partition coefficient (Wildman–Crippen LogP) is 2.12. The van der Waals surface area contributed by atoms with Gasteiger partial charge >= 0.3 is 47.8 Å². The minimum absolute atomic E-state index is 0.0201. The number of esters is 8. The predicted molar refractivity (Wildman–Crippen MR) is 241 cm³/mol. The second-order valence-electron chi connectivity index (χ2n) is 17.0. The molecule has 0 radical (unpaired) electrons. The summed E-state index contributed by atoms with van der Waals surface area (Å²) in [5, 5.41) is 0. The highest BCUT2D eigenvalue weighted by atomic mass is 32.2. The molecule has 0 N–H and O–H groups in total.